The summed E-state index contributed by atoms with van der Waals surface area (Å²) in [6.07, 6.45) is -0.342. The number of aliphatic hydroxyl groups excluding tert-OH is 1. The van der Waals surface area contributed by atoms with Gasteiger partial charge in [-0.15, -0.1) is 0 Å². The van der Waals surface area contributed by atoms with Crippen LogP contribution < -0.4 is 25.4 Å². The fourth-order valence-electron chi connectivity index (χ4n) is 4.27. The van der Waals surface area contributed by atoms with Crippen molar-refractivity contribution in [3.05, 3.63) is 83.1 Å². The van der Waals surface area contributed by atoms with Gasteiger partial charge in [-0.2, -0.15) is 0 Å². The van der Waals surface area contributed by atoms with Crippen LogP contribution in [0.1, 0.15) is 36.1 Å². The number of benzene rings is 3. The number of amides is 3. The monoisotopic (exact) mass is 875 g/mol. The fraction of sp³-hybridized carbons (Fsp3) is 0.323. The summed E-state index contributed by atoms with van der Waals surface area (Å²) in [4.78, 5) is 37.5. The number of methoxy groups -OCH3 is 1. The van der Waals surface area contributed by atoms with E-state index >= 15 is 0 Å². The largest absolute Gasteiger partial charge is 0.506 e. The molecule has 0 spiro atoms. The van der Waals surface area contributed by atoms with Crippen molar-refractivity contribution in [1.82, 2.24) is 16.0 Å². The van der Waals surface area contributed by atoms with Crippen molar-refractivity contribution in [3.63, 3.8) is 0 Å². The Morgan fingerprint density at radius 1 is 0.867 bits per heavy atom. The van der Waals surface area contributed by atoms with Gasteiger partial charge < -0.3 is 35.6 Å². The summed E-state index contributed by atoms with van der Waals surface area (Å²) in [5, 5.41) is 29.5. The highest BCUT2D eigenvalue weighted by atomic mass is 79.9. The quantitative estimate of drug-likeness (QED) is 0.127. The number of hydrogen-bond donors (Lipinski definition) is 5. The van der Waals surface area contributed by atoms with E-state index in [9.17, 15) is 24.6 Å². The number of carbonyl (C=O) groups is 3. The lowest BCUT2D eigenvalue weighted by Crippen LogP contribution is -2.50. The Bertz CT molecular complexity index is 1460. The summed E-state index contributed by atoms with van der Waals surface area (Å²) in [5.74, 6) is 0.0901. The number of nitrogens with one attached hydrogen (secondary N) is 3. The van der Waals surface area contributed by atoms with Crippen LogP contribution in [0.25, 0.3) is 0 Å². The van der Waals surface area contributed by atoms with Gasteiger partial charge in [0.15, 0.2) is 0 Å². The Hall–Kier alpha value is -2.65. The minimum atomic E-state index is -1.39. The van der Waals surface area contributed by atoms with Crippen LogP contribution in [0.2, 0.25) is 0 Å². The lowest BCUT2D eigenvalue weighted by molar-refractivity contribution is -0.131. The van der Waals surface area contributed by atoms with Crippen molar-refractivity contribution in [3.8, 4) is 17.2 Å². The Morgan fingerprint density at radius 2 is 1.49 bits per heavy atom. The number of rotatable bonds is 15. The van der Waals surface area contributed by atoms with Gasteiger partial charge in [-0.05, 0) is 130 Å². The van der Waals surface area contributed by atoms with Crippen LogP contribution in [-0.2, 0) is 27.2 Å². The summed E-state index contributed by atoms with van der Waals surface area (Å²) >= 11 is 13.4. The molecule has 2 atom stereocenters. The third-order valence-corrected chi connectivity index (χ3v) is 8.91. The number of ether oxygens (including phenoxy) is 2. The summed E-state index contributed by atoms with van der Waals surface area (Å²) in [6.45, 7) is 2.61. The van der Waals surface area contributed by atoms with Crippen LogP contribution in [0.4, 0.5) is 0 Å². The van der Waals surface area contributed by atoms with Gasteiger partial charge in [0.1, 0.15) is 29.4 Å². The minimum absolute atomic E-state index is 0.0368. The molecule has 5 N–H and O–H groups in total. The van der Waals surface area contributed by atoms with E-state index in [-0.39, 0.29) is 24.6 Å². The molecule has 3 aromatic carbocycles. The van der Waals surface area contributed by atoms with Gasteiger partial charge in [0.05, 0.1) is 38.0 Å². The Morgan fingerprint density at radius 3 is 2.07 bits per heavy atom. The number of carbonyl (C=O) groups excluding carboxylic acids is 3. The lowest BCUT2D eigenvalue weighted by Gasteiger charge is -2.25. The predicted octanol–water partition coefficient (Wildman–Crippen LogP) is 5.48. The third-order valence-electron chi connectivity index (χ3n) is 6.52. The maximum absolute atomic E-state index is 13.4. The second kappa shape index (κ2) is 17.9. The average Bonchev–Trinajstić information content (AvgIpc) is 2.98. The van der Waals surface area contributed by atoms with E-state index < -0.39 is 24.0 Å². The first-order valence-electron chi connectivity index (χ1n) is 13.8. The van der Waals surface area contributed by atoms with Gasteiger partial charge in [0, 0.05) is 20.0 Å². The Balaban J connectivity index is 1.69. The standard InChI is InChI=1S/C31H33Br4N3O7/c1-17(39)36-9-3-11-45-21-6-4-18(5-7-21)14-26(40)38-27(28(41)20-15-24(34)30(44-2)25(35)16-20)31(43)37-10-8-19-12-22(32)29(42)23(33)13-19/h4-7,12-13,15-16,27-28,41-42H,3,8-11,14H2,1-2H3,(H,36,39)(H,37,43)(H,38,40). The first-order valence-corrected chi connectivity index (χ1v) is 17.0. The number of phenols is 1. The van der Waals surface area contributed by atoms with Crippen LogP contribution in [0.3, 0.4) is 0 Å². The van der Waals surface area contributed by atoms with Gasteiger partial charge in [0.2, 0.25) is 17.7 Å². The van der Waals surface area contributed by atoms with Gasteiger partial charge in [-0.25, -0.2) is 0 Å². The zero-order chi connectivity index (χ0) is 33.1. The zero-order valence-electron chi connectivity index (χ0n) is 24.5. The molecule has 3 aromatic rings. The molecule has 0 saturated heterocycles. The second-order valence-electron chi connectivity index (χ2n) is 9.96. The lowest BCUT2D eigenvalue weighted by atomic mass is 10.0. The van der Waals surface area contributed by atoms with E-state index in [0.29, 0.717) is 66.5 Å². The maximum Gasteiger partial charge on any atom is 0.245 e. The topological polar surface area (TPSA) is 146 Å². The van der Waals surface area contributed by atoms with E-state index in [1.807, 2.05) is 0 Å². The first-order chi connectivity index (χ1) is 21.4. The van der Waals surface area contributed by atoms with Crippen LogP contribution in [0.5, 0.6) is 17.2 Å². The molecule has 0 radical (unpaired) electrons. The molecule has 2 unspecified atom stereocenters. The van der Waals surface area contributed by atoms with Crippen molar-refractivity contribution >= 4 is 81.4 Å². The molecule has 14 heteroatoms. The fourth-order valence-corrected chi connectivity index (χ4v) is 7.09. The third kappa shape index (κ3) is 11.3. The van der Waals surface area contributed by atoms with Crippen molar-refractivity contribution < 1.29 is 34.1 Å². The second-order valence-corrected chi connectivity index (χ2v) is 13.4. The zero-order valence-corrected chi connectivity index (χ0v) is 30.8. The molecule has 10 nitrogen and oxygen atoms in total. The predicted molar refractivity (Wildman–Crippen MR) is 184 cm³/mol. The number of aliphatic hydroxyl groups is 1. The van der Waals surface area contributed by atoms with Crippen molar-refractivity contribution in [1.29, 1.82) is 0 Å². The molecule has 242 valence electrons. The molecule has 0 saturated carbocycles. The molecule has 0 heterocycles. The number of aromatic hydroxyl groups is 1. The van der Waals surface area contributed by atoms with Crippen molar-refractivity contribution in [2.24, 2.45) is 0 Å². The van der Waals surface area contributed by atoms with Crippen LogP contribution in [0, 0.1) is 0 Å². The van der Waals surface area contributed by atoms with Crippen LogP contribution in [0.15, 0.2) is 66.4 Å². The molecule has 0 bridgehead atoms. The summed E-state index contributed by atoms with van der Waals surface area (Å²) in [7, 11) is 1.51. The molecule has 0 aliphatic rings. The maximum atomic E-state index is 13.4. The SMILES string of the molecule is COc1c(Br)cc(C(O)C(NC(=O)Cc2ccc(OCCCNC(C)=O)cc2)C(=O)NCCc2cc(Br)c(O)c(Br)c2)cc1Br. The molecule has 3 amide bonds. The average molecular weight is 879 g/mol. The summed E-state index contributed by atoms with van der Waals surface area (Å²) in [6, 6.07) is 12.4. The Labute approximate surface area is 295 Å². The number of phenolic OH excluding ortho intramolecular Hbond substituents is 1. The van der Waals surface area contributed by atoms with E-state index in [0.717, 1.165) is 5.56 Å². The normalized spacial score (nSPS) is 12.2. The van der Waals surface area contributed by atoms with E-state index in [1.165, 1.54) is 14.0 Å². The van der Waals surface area contributed by atoms with E-state index in [2.05, 4.69) is 79.7 Å². The number of halogens is 4. The summed E-state index contributed by atoms with van der Waals surface area (Å²) < 4.78 is 13.2. The first kappa shape index (κ1) is 36.8. The minimum Gasteiger partial charge on any atom is -0.506 e. The molecule has 0 aliphatic heterocycles. The van der Waals surface area contributed by atoms with Gasteiger partial charge in [-0.3, -0.25) is 14.4 Å². The molecule has 0 aliphatic carbocycles. The molecule has 3 rings (SSSR count). The highest BCUT2D eigenvalue weighted by Gasteiger charge is 2.30. The van der Waals surface area contributed by atoms with Crippen LogP contribution >= 0.6 is 63.7 Å². The van der Waals surface area contributed by atoms with Gasteiger partial charge in [-0.1, -0.05) is 12.1 Å². The van der Waals surface area contributed by atoms with Crippen molar-refractivity contribution in [2.75, 3.05) is 26.8 Å². The van der Waals surface area contributed by atoms with E-state index in [1.54, 1.807) is 48.5 Å². The van der Waals surface area contributed by atoms with Gasteiger partial charge >= 0.3 is 0 Å². The summed E-state index contributed by atoms with van der Waals surface area (Å²) in [5.41, 5.74) is 1.91. The van der Waals surface area contributed by atoms with E-state index in [4.69, 9.17) is 9.47 Å². The highest BCUT2D eigenvalue weighted by Crippen LogP contribution is 2.37. The molecular formula is C31H33Br4N3O7. The molecule has 45 heavy (non-hydrogen) atoms. The smallest absolute Gasteiger partial charge is 0.245 e. The Kier molecular flexibility index (Phi) is 14.6. The number of hydrogen-bond acceptors (Lipinski definition) is 7. The molecular weight excluding hydrogens is 846 g/mol. The highest BCUT2D eigenvalue weighted by molar-refractivity contribution is 9.11. The van der Waals surface area contributed by atoms with Gasteiger partial charge in [0.25, 0.3) is 0 Å². The molecule has 0 aromatic heterocycles. The van der Waals surface area contributed by atoms with Crippen molar-refractivity contribution in [2.45, 2.75) is 38.3 Å². The molecule has 0 fully saturated rings. The van der Waals surface area contributed by atoms with Crippen LogP contribution in [-0.4, -0.2) is 60.8 Å².